The summed E-state index contributed by atoms with van der Waals surface area (Å²) in [4.78, 5) is 0. The molecule has 0 N–H and O–H groups in total. The molecule has 1 spiro atoms. The Bertz CT molecular complexity index is 3220. The highest BCUT2D eigenvalue weighted by Crippen LogP contribution is 2.54. The third-order valence-corrected chi connectivity index (χ3v) is 15.5. The molecule has 2 aromatic heterocycles. The molecule has 0 aliphatic carbocycles. The highest BCUT2D eigenvalue weighted by molar-refractivity contribution is 7.53. The van der Waals surface area contributed by atoms with E-state index in [0.29, 0.717) is 13.2 Å². The molecule has 6 aromatic rings. The molecule has 8 heterocycles. The van der Waals surface area contributed by atoms with Crippen LogP contribution in [0, 0.1) is 20.8 Å². The molecule has 61 heavy (non-hydrogen) atoms. The number of benzene rings is 4. The average molecular weight is 819 g/mol. The summed E-state index contributed by atoms with van der Waals surface area (Å²) in [6.45, 7) is 10.9. The first-order chi connectivity index (χ1) is 29.7. The summed E-state index contributed by atoms with van der Waals surface area (Å²) in [5.41, 5.74) is 19.2. The van der Waals surface area contributed by atoms with Gasteiger partial charge in [-0.25, -0.2) is 4.57 Å². The first-order valence-electron chi connectivity index (χ1n) is 21.6. The van der Waals surface area contributed by atoms with Crippen molar-refractivity contribution in [1.29, 1.82) is 0 Å². The fraction of sp³-hybridized carbons (Fsp3) is 0.208. The van der Waals surface area contributed by atoms with E-state index in [1.54, 1.807) is 0 Å². The third kappa shape index (κ3) is 4.97. The highest BCUT2D eigenvalue weighted by atomic mass is 31.2. The van der Waals surface area contributed by atoms with Gasteiger partial charge in [0.15, 0.2) is 6.04 Å². The minimum Gasteiger partial charge on any atom is -0.309 e. The zero-order valence-corrected chi connectivity index (χ0v) is 36.0. The maximum atomic E-state index is 13.6. The first kappa shape index (κ1) is 36.7. The van der Waals surface area contributed by atoms with Gasteiger partial charge in [-0.15, -0.1) is 4.58 Å². The molecule has 6 aliphatic heterocycles. The van der Waals surface area contributed by atoms with Crippen LogP contribution in [-0.4, -0.2) is 49.0 Å². The van der Waals surface area contributed by atoms with Crippen LogP contribution in [0.1, 0.15) is 75.7 Å². The van der Waals surface area contributed by atoms with E-state index in [2.05, 4.69) is 185 Å². The molecule has 300 valence electrons. The second-order valence-corrected chi connectivity index (χ2v) is 19.2. The largest absolute Gasteiger partial charge is 0.548 e. The lowest BCUT2D eigenvalue weighted by atomic mass is 9.85. The Morgan fingerprint density at radius 3 is 1.79 bits per heavy atom. The molecule has 3 atom stereocenters. The van der Waals surface area contributed by atoms with E-state index in [-0.39, 0.29) is 18.1 Å². The van der Waals surface area contributed by atoms with Crippen LogP contribution in [-0.2, 0) is 25.7 Å². The van der Waals surface area contributed by atoms with Gasteiger partial charge in [0.25, 0.3) is 0 Å². The smallest absolute Gasteiger partial charge is 0.309 e. The molecule has 0 fully saturated rings. The SMILES string of the molecule is CCOP(=O)(Cc1ccc([C@H]2c3ccc4n3C35n6c(ccc6=C4c4ccc(C)cc4)=C(c4ccc(C)cc4)C4=[N+]3C(=C(c3ccc(C)cc3)C3=[N+]5C2C=C3)C=C4)cc1)OCC. The fourth-order valence-corrected chi connectivity index (χ4v) is 12.8. The summed E-state index contributed by atoms with van der Waals surface area (Å²) in [6.07, 6.45) is 9.79. The van der Waals surface area contributed by atoms with Crippen molar-refractivity contribution in [2.24, 2.45) is 0 Å². The van der Waals surface area contributed by atoms with Gasteiger partial charge in [0.2, 0.25) is 17.1 Å². The molecule has 4 aromatic carbocycles. The molecule has 6 aliphatic rings. The zero-order valence-electron chi connectivity index (χ0n) is 35.1. The molecule has 0 radical (unpaired) electrons. The number of aromatic nitrogens is 2. The predicted molar refractivity (Wildman–Crippen MR) is 242 cm³/mol. The first-order valence-corrected chi connectivity index (χ1v) is 23.3. The van der Waals surface area contributed by atoms with Crippen molar-refractivity contribution < 1.29 is 22.8 Å². The van der Waals surface area contributed by atoms with Crippen LogP contribution in [0.25, 0.3) is 16.7 Å². The lowest BCUT2D eigenvalue weighted by molar-refractivity contribution is -0.868. The van der Waals surface area contributed by atoms with E-state index in [0.717, 1.165) is 5.56 Å². The second-order valence-electron chi connectivity index (χ2n) is 17.1. The molecule has 12 rings (SSSR count). The lowest BCUT2D eigenvalue weighted by Crippen LogP contribution is -2.73. The predicted octanol–water partition coefficient (Wildman–Crippen LogP) is 8.86. The minimum atomic E-state index is -3.27. The van der Waals surface area contributed by atoms with Crippen LogP contribution in [0.5, 0.6) is 0 Å². The number of allylic oxidation sites excluding steroid dienone is 4. The molecule has 7 nitrogen and oxygen atoms in total. The van der Waals surface area contributed by atoms with Crippen molar-refractivity contribution in [3.63, 3.8) is 0 Å². The van der Waals surface area contributed by atoms with Gasteiger partial charge in [-0.05, 0) is 92.8 Å². The molecule has 0 saturated carbocycles. The molecule has 8 heteroatoms. The van der Waals surface area contributed by atoms with E-state index in [1.807, 2.05) is 13.8 Å². The van der Waals surface area contributed by atoms with Gasteiger partial charge in [-0.3, -0.25) is 4.57 Å². The molecular weight excluding hydrogens is 772 g/mol. The Balaban J connectivity index is 1.18. The summed E-state index contributed by atoms with van der Waals surface area (Å²) in [6, 6.07) is 45.3. The Morgan fingerprint density at radius 1 is 0.607 bits per heavy atom. The van der Waals surface area contributed by atoms with Crippen LogP contribution in [0.2, 0.25) is 0 Å². The summed E-state index contributed by atoms with van der Waals surface area (Å²) in [5, 5.41) is 2.40. The van der Waals surface area contributed by atoms with Crippen LogP contribution >= 0.6 is 7.60 Å². The summed E-state index contributed by atoms with van der Waals surface area (Å²) < 4.78 is 35.8. The maximum Gasteiger partial charge on any atom is 0.548 e. The highest BCUT2D eigenvalue weighted by Gasteiger charge is 2.74. The van der Waals surface area contributed by atoms with Gasteiger partial charge in [0.05, 0.1) is 47.3 Å². The quantitative estimate of drug-likeness (QED) is 0.103. The van der Waals surface area contributed by atoms with Crippen molar-refractivity contribution in [1.82, 2.24) is 9.13 Å². The Hall–Kier alpha value is -6.11. The Labute approximate surface area is 356 Å². The average Bonchev–Trinajstić information content (AvgIpc) is 4.09. The fourth-order valence-electron chi connectivity index (χ4n) is 11.1. The molecule has 0 bridgehead atoms. The zero-order chi connectivity index (χ0) is 41.4. The van der Waals surface area contributed by atoms with Gasteiger partial charge in [0.1, 0.15) is 5.57 Å². The van der Waals surface area contributed by atoms with E-state index >= 15 is 0 Å². The molecule has 0 saturated heterocycles. The minimum absolute atomic E-state index is 0.0186. The van der Waals surface area contributed by atoms with Gasteiger partial charge in [-0.2, -0.15) is 4.57 Å². The number of nitrogens with zero attached hydrogens (tertiary/aromatic N) is 4. The maximum absolute atomic E-state index is 13.6. The van der Waals surface area contributed by atoms with E-state index in [9.17, 15) is 4.57 Å². The van der Waals surface area contributed by atoms with Gasteiger partial charge in [0, 0.05) is 29.5 Å². The van der Waals surface area contributed by atoms with Crippen molar-refractivity contribution in [3.8, 4) is 0 Å². The van der Waals surface area contributed by atoms with E-state index < -0.39 is 13.5 Å². The molecular formula is C53H47N4O3P+2. The molecule has 2 unspecified atom stereocenters. The normalized spacial score (nSPS) is 21.3. The van der Waals surface area contributed by atoms with Crippen LogP contribution in [0.4, 0.5) is 0 Å². The number of hydrogen-bond acceptors (Lipinski definition) is 3. The van der Waals surface area contributed by atoms with Gasteiger partial charge >= 0.3 is 13.5 Å². The second kappa shape index (κ2) is 13.2. The summed E-state index contributed by atoms with van der Waals surface area (Å²) >= 11 is 0. The van der Waals surface area contributed by atoms with Crippen molar-refractivity contribution in [2.45, 2.75) is 58.7 Å². The lowest BCUT2D eigenvalue weighted by Gasteiger charge is -2.44. The Morgan fingerprint density at radius 2 is 1.18 bits per heavy atom. The summed E-state index contributed by atoms with van der Waals surface area (Å²) in [7, 11) is -3.27. The van der Waals surface area contributed by atoms with Crippen LogP contribution in [0.15, 0.2) is 151 Å². The number of aryl methyl sites for hydroxylation is 3. The van der Waals surface area contributed by atoms with Crippen LogP contribution in [0.3, 0.4) is 0 Å². The topological polar surface area (TPSA) is 51.4 Å². The van der Waals surface area contributed by atoms with E-state index in [4.69, 9.17) is 9.05 Å². The standard InChI is InChI=1S/C53H47N4O3P/c1-6-59-61(58,60-7-2)32-36-14-22-40(23-15-36)52-47-30-28-45-50(38-18-10-34(4)11-19-38)43-26-24-41-49(37-16-8-33(3)9-17-37)42-25-27-44-51(39-20-12-35(5)13-21-39)46-29-31-48(52)57(46)53(54(41)43,55(42)44)56(45)47/h8-31,47,52H,6-7,32H2,1-5H3/q+2/t47?,52-,53?/m1/s1. The van der Waals surface area contributed by atoms with E-state index in [1.165, 1.54) is 94.9 Å². The Kier molecular flexibility index (Phi) is 7.94. The van der Waals surface area contributed by atoms with Crippen molar-refractivity contribution >= 4 is 35.7 Å². The number of rotatable bonds is 10. The van der Waals surface area contributed by atoms with Gasteiger partial charge < -0.3 is 9.05 Å². The third-order valence-electron chi connectivity index (χ3n) is 13.5. The summed E-state index contributed by atoms with van der Waals surface area (Å²) in [5.74, 6) is -0.816. The number of hydrogen-bond donors (Lipinski definition) is 0. The van der Waals surface area contributed by atoms with Gasteiger partial charge in [-0.1, -0.05) is 118 Å². The monoisotopic (exact) mass is 818 g/mol. The van der Waals surface area contributed by atoms with Crippen molar-refractivity contribution in [3.05, 3.63) is 218 Å². The van der Waals surface area contributed by atoms with Crippen LogP contribution < -0.4 is 10.7 Å². The van der Waals surface area contributed by atoms with Crippen molar-refractivity contribution in [2.75, 3.05) is 13.2 Å². The molecule has 0 amide bonds.